The fourth-order valence-corrected chi connectivity index (χ4v) is 5.28. The number of carbonyl (C=O) groups is 2. The average Bonchev–Trinajstić information content (AvgIpc) is 2.87. The van der Waals surface area contributed by atoms with Crippen LogP contribution >= 0.6 is 11.6 Å². The molecule has 0 fully saturated rings. The number of carbonyl (C=O) groups excluding carboxylic acids is 2. The first kappa shape index (κ1) is 26.8. The lowest BCUT2D eigenvalue weighted by atomic mass is 10.2. The van der Waals surface area contributed by atoms with E-state index in [1.807, 2.05) is 0 Å². The van der Waals surface area contributed by atoms with E-state index >= 15 is 0 Å². The van der Waals surface area contributed by atoms with Crippen LogP contribution in [0.4, 0.5) is 11.4 Å². The van der Waals surface area contributed by atoms with Gasteiger partial charge in [0, 0.05) is 5.69 Å². The zero-order valence-electron chi connectivity index (χ0n) is 20.1. The highest BCUT2D eigenvalue weighted by atomic mass is 35.5. The van der Waals surface area contributed by atoms with Gasteiger partial charge in [-0.05, 0) is 67.1 Å². The summed E-state index contributed by atoms with van der Waals surface area (Å²) in [6.07, 6.45) is 0. The molecule has 0 saturated carbocycles. The van der Waals surface area contributed by atoms with E-state index in [4.69, 9.17) is 21.1 Å². The van der Waals surface area contributed by atoms with E-state index in [0.717, 1.165) is 4.31 Å². The van der Waals surface area contributed by atoms with Gasteiger partial charge < -0.3 is 19.5 Å². The zero-order valence-corrected chi connectivity index (χ0v) is 21.6. The second-order valence-corrected chi connectivity index (χ2v) is 9.84. The van der Waals surface area contributed by atoms with Crippen LogP contribution in [0.5, 0.6) is 11.5 Å². The van der Waals surface area contributed by atoms with E-state index in [1.165, 1.54) is 69.9 Å². The standard InChI is InChI=1S/C25H25ClN2O7S/c1-16-5-11-22(34-3)23(13-16)36(31,32)28(19-10-12-21(33-2)20(26)14-19)15-24(29)27-18-8-6-17(7-9-18)25(30)35-4/h5-14H,15H2,1-4H3,(H,27,29). The molecule has 1 amide bonds. The summed E-state index contributed by atoms with van der Waals surface area (Å²) in [6, 6.07) is 15.1. The van der Waals surface area contributed by atoms with Gasteiger partial charge in [0.2, 0.25) is 5.91 Å². The average molecular weight is 533 g/mol. The highest BCUT2D eigenvalue weighted by Crippen LogP contribution is 2.34. The summed E-state index contributed by atoms with van der Waals surface area (Å²) in [5, 5.41) is 2.81. The van der Waals surface area contributed by atoms with E-state index in [9.17, 15) is 18.0 Å². The quantitative estimate of drug-likeness (QED) is 0.409. The molecule has 0 aliphatic carbocycles. The summed E-state index contributed by atoms with van der Waals surface area (Å²) < 4.78 is 43.7. The molecule has 0 spiro atoms. The van der Waals surface area contributed by atoms with E-state index in [-0.39, 0.29) is 21.4 Å². The van der Waals surface area contributed by atoms with E-state index in [1.54, 1.807) is 19.1 Å². The number of ether oxygens (including phenoxy) is 3. The molecular weight excluding hydrogens is 508 g/mol. The molecule has 3 aromatic carbocycles. The molecule has 11 heteroatoms. The van der Waals surface area contributed by atoms with Crippen molar-refractivity contribution >= 4 is 44.9 Å². The van der Waals surface area contributed by atoms with Gasteiger partial charge in [0.25, 0.3) is 10.0 Å². The van der Waals surface area contributed by atoms with Gasteiger partial charge in [-0.3, -0.25) is 9.10 Å². The van der Waals surface area contributed by atoms with Gasteiger partial charge in [-0.2, -0.15) is 0 Å². The molecule has 0 atom stereocenters. The summed E-state index contributed by atoms with van der Waals surface area (Å²) in [7, 11) is -0.211. The van der Waals surface area contributed by atoms with Gasteiger partial charge in [-0.25, -0.2) is 13.2 Å². The highest BCUT2D eigenvalue weighted by Gasteiger charge is 2.31. The minimum atomic E-state index is -4.28. The second-order valence-electron chi connectivity index (χ2n) is 7.60. The Morgan fingerprint density at radius 2 is 1.56 bits per heavy atom. The molecule has 0 aliphatic rings. The summed E-state index contributed by atoms with van der Waals surface area (Å²) in [4.78, 5) is 24.5. The Kier molecular flexibility index (Phi) is 8.44. The van der Waals surface area contributed by atoms with E-state index < -0.39 is 28.4 Å². The first-order chi connectivity index (χ1) is 17.1. The van der Waals surface area contributed by atoms with Crippen molar-refractivity contribution in [2.45, 2.75) is 11.8 Å². The fraction of sp³-hybridized carbons (Fsp3) is 0.200. The number of methoxy groups -OCH3 is 3. The van der Waals surface area contributed by atoms with Crippen molar-refractivity contribution in [2.24, 2.45) is 0 Å². The van der Waals surface area contributed by atoms with Gasteiger partial charge in [0.1, 0.15) is 22.9 Å². The normalized spacial score (nSPS) is 10.9. The number of nitrogens with one attached hydrogen (secondary N) is 1. The Morgan fingerprint density at radius 1 is 0.917 bits per heavy atom. The molecule has 0 saturated heterocycles. The maximum Gasteiger partial charge on any atom is 0.337 e. The monoisotopic (exact) mass is 532 g/mol. The number of amides is 1. The number of rotatable bonds is 9. The molecule has 0 radical (unpaired) electrons. The Hall–Kier alpha value is -3.76. The van der Waals surface area contributed by atoms with Crippen molar-refractivity contribution in [2.75, 3.05) is 37.5 Å². The Labute approximate surface area is 214 Å². The maximum atomic E-state index is 13.8. The van der Waals surface area contributed by atoms with Crippen LogP contribution in [0.15, 0.2) is 65.6 Å². The minimum absolute atomic E-state index is 0.104. The number of nitrogens with zero attached hydrogens (tertiary/aromatic N) is 1. The molecule has 0 heterocycles. The number of aryl methyl sites for hydroxylation is 1. The molecule has 0 bridgehead atoms. The largest absolute Gasteiger partial charge is 0.495 e. The fourth-order valence-electron chi connectivity index (χ4n) is 3.37. The lowest BCUT2D eigenvalue weighted by Gasteiger charge is -2.25. The third kappa shape index (κ3) is 5.89. The minimum Gasteiger partial charge on any atom is -0.495 e. The third-order valence-electron chi connectivity index (χ3n) is 5.19. The molecule has 1 N–H and O–H groups in total. The van der Waals surface area contributed by atoms with Crippen molar-refractivity contribution < 1.29 is 32.2 Å². The number of sulfonamides is 1. The third-order valence-corrected chi connectivity index (χ3v) is 7.28. The summed E-state index contributed by atoms with van der Waals surface area (Å²) >= 11 is 6.26. The van der Waals surface area contributed by atoms with Gasteiger partial charge in [-0.15, -0.1) is 0 Å². The maximum absolute atomic E-state index is 13.8. The van der Waals surface area contributed by atoms with Gasteiger partial charge in [0.15, 0.2) is 0 Å². The molecule has 3 aromatic rings. The zero-order chi connectivity index (χ0) is 26.5. The Bertz CT molecular complexity index is 1380. The Balaban J connectivity index is 1.99. The topological polar surface area (TPSA) is 111 Å². The number of hydrogen-bond donors (Lipinski definition) is 1. The smallest absolute Gasteiger partial charge is 0.337 e. The number of esters is 1. The predicted molar refractivity (Wildman–Crippen MR) is 137 cm³/mol. The first-order valence-corrected chi connectivity index (χ1v) is 12.4. The molecule has 0 aliphatic heterocycles. The van der Waals surface area contributed by atoms with Crippen molar-refractivity contribution in [3.63, 3.8) is 0 Å². The number of hydrogen-bond acceptors (Lipinski definition) is 7. The van der Waals surface area contributed by atoms with Crippen LogP contribution in [0.3, 0.4) is 0 Å². The van der Waals surface area contributed by atoms with Crippen LogP contribution in [-0.2, 0) is 19.6 Å². The SMILES string of the molecule is COC(=O)c1ccc(NC(=O)CN(c2ccc(OC)c(Cl)c2)S(=O)(=O)c2cc(C)ccc2OC)cc1. The summed E-state index contributed by atoms with van der Waals surface area (Å²) in [5.74, 6) is -0.665. The van der Waals surface area contributed by atoms with Gasteiger partial charge in [-0.1, -0.05) is 17.7 Å². The lowest BCUT2D eigenvalue weighted by molar-refractivity contribution is -0.114. The number of halogens is 1. The Morgan fingerprint density at radius 3 is 2.14 bits per heavy atom. The molecule has 0 unspecified atom stereocenters. The molecular formula is C25H25ClN2O7S. The highest BCUT2D eigenvalue weighted by molar-refractivity contribution is 7.93. The number of benzene rings is 3. The molecule has 36 heavy (non-hydrogen) atoms. The van der Waals surface area contributed by atoms with Crippen LogP contribution in [-0.4, -0.2) is 48.2 Å². The summed E-state index contributed by atoms with van der Waals surface area (Å²) in [6.45, 7) is 1.18. The molecule has 0 aromatic heterocycles. The van der Waals surface area contributed by atoms with Crippen LogP contribution in [0.25, 0.3) is 0 Å². The molecule has 3 rings (SSSR count). The lowest BCUT2D eigenvalue weighted by Crippen LogP contribution is -2.38. The van der Waals surface area contributed by atoms with Crippen LogP contribution in [0.2, 0.25) is 5.02 Å². The van der Waals surface area contributed by atoms with Crippen molar-refractivity contribution in [1.82, 2.24) is 0 Å². The van der Waals surface area contributed by atoms with E-state index in [0.29, 0.717) is 22.6 Å². The number of anilines is 2. The predicted octanol–water partition coefficient (Wildman–Crippen LogP) is 4.29. The van der Waals surface area contributed by atoms with Gasteiger partial charge in [0.05, 0.1) is 37.6 Å². The molecule has 9 nitrogen and oxygen atoms in total. The molecule has 190 valence electrons. The van der Waals surface area contributed by atoms with Gasteiger partial charge >= 0.3 is 5.97 Å². The van der Waals surface area contributed by atoms with Crippen LogP contribution in [0.1, 0.15) is 15.9 Å². The van der Waals surface area contributed by atoms with Crippen LogP contribution < -0.4 is 19.1 Å². The van der Waals surface area contributed by atoms with Crippen LogP contribution in [0, 0.1) is 6.92 Å². The first-order valence-electron chi connectivity index (χ1n) is 10.6. The van der Waals surface area contributed by atoms with E-state index in [2.05, 4.69) is 10.1 Å². The summed E-state index contributed by atoms with van der Waals surface area (Å²) in [5.41, 5.74) is 1.52. The van der Waals surface area contributed by atoms with Crippen molar-refractivity contribution in [3.8, 4) is 11.5 Å². The second kappa shape index (κ2) is 11.3. The van der Waals surface area contributed by atoms with Crippen molar-refractivity contribution in [1.29, 1.82) is 0 Å². The van der Waals surface area contributed by atoms with Crippen molar-refractivity contribution in [3.05, 3.63) is 76.8 Å².